The number of halogens is 5. The van der Waals surface area contributed by atoms with Crippen LogP contribution in [-0.2, 0) is 19.8 Å². The molecule has 0 aliphatic carbocycles. The molecule has 3 aromatic carbocycles. The molecule has 1 N–H and O–H groups in total. The van der Waals surface area contributed by atoms with Crippen LogP contribution in [0, 0.1) is 6.92 Å². The second kappa shape index (κ2) is 9.24. The van der Waals surface area contributed by atoms with E-state index in [9.17, 15) is 18.3 Å². The van der Waals surface area contributed by atoms with Crippen LogP contribution in [0.5, 0.6) is 11.5 Å². The van der Waals surface area contributed by atoms with Gasteiger partial charge in [-0.3, -0.25) is 4.68 Å². The Morgan fingerprint density at radius 1 is 1.00 bits per heavy atom. The fraction of sp³-hybridized carbons (Fsp3) is 0.160. The van der Waals surface area contributed by atoms with Crippen molar-refractivity contribution in [2.45, 2.75) is 19.7 Å². The van der Waals surface area contributed by atoms with Crippen molar-refractivity contribution in [1.82, 2.24) is 9.78 Å². The Bertz CT molecular complexity index is 1330. The zero-order chi connectivity index (χ0) is 24.6. The van der Waals surface area contributed by atoms with Crippen LogP contribution in [0.1, 0.15) is 16.8 Å². The minimum absolute atomic E-state index is 0.106. The van der Waals surface area contributed by atoms with Gasteiger partial charge in [-0.15, -0.1) is 0 Å². The van der Waals surface area contributed by atoms with Gasteiger partial charge < -0.3 is 9.84 Å². The number of hydrogen-bond donors (Lipinski definition) is 1. The molecule has 1 aromatic heterocycles. The molecule has 176 valence electrons. The van der Waals surface area contributed by atoms with Crippen molar-refractivity contribution in [3.8, 4) is 33.9 Å². The zero-order valence-electron chi connectivity index (χ0n) is 18.1. The number of aryl methyl sites for hydroxylation is 2. The molecule has 0 saturated carbocycles. The summed E-state index contributed by atoms with van der Waals surface area (Å²) in [4.78, 5) is 0. The molecule has 0 unspecified atom stereocenters. The molecule has 0 saturated heterocycles. The van der Waals surface area contributed by atoms with Crippen molar-refractivity contribution in [3.05, 3.63) is 87.5 Å². The highest BCUT2D eigenvalue weighted by molar-refractivity contribution is 6.31. The average Bonchev–Trinajstić information content (AvgIpc) is 3.11. The second-order valence-corrected chi connectivity index (χ2v) is 8.58. The van der Waals surface area contributed by atoms with Gasteiger partial charge in [0.15, 0.2) is 0 Å². The van der Waals surface area contributed by atoms with E-state index in [1.165, 1.54) is 6.07 Å². The number of phenols is 1. The van der Waals surface area contributed by atoms with Crippen LogP contribution in [0.4, 0.5) is 13.2 Å². The van der Waals surface area contributed by atoms with E-state index in [1.54, 1.807) is 54.2 Å². The van der Waals surface area contributed by atoms with Crippen molar-refractivity contribution in [2.24, 2.45) is 7.05 Å². The molecule has 4 nitrogen and oxygen atoms in total. The van der Waals surface area contributed by atoms with Gasteiger partial charge in [0.1, 0.15) is 18.1 Å². The average molecular weight is 507 g/mol. The molecule has 34 heavy (non-hydrogen) atoms. The largest absolute Gasteiger partial charge is 0.506 e. The highest BCUT2D eigenvalue weighted by Crippen LogP contribution is 2.46. The highest BCUT2D eigenvalue weighted by Gasteiger charge is 2.34. The lowest BCUT2D eigenvalue weighted by Gasteiger charge is -2.17. The maximum atomic E-state index is 13.5. The minimum atomic E-state index is -4.66. The number of ether oxygens (including phenoxy) is 1. The molecule has 1 heterocycles. The normalized spacial score (nSPS) is 11.6. The van der Waals surface area contributed by atoms with E-state index in [0.717, 1.165) is 23.4 Å². The summed E-state index contributed by atoms with van der Waals surface area (Å²) in [5, 5.41) is 15.7. The number of alkyl halides is 3. The van der Waals surface area contributed by atoms with Gasteiger partial charge in [0.05, 0.1) is 21.8 Å². The van der Waals surface area contributed by atoms with Crippen LogP contribution in [0.25, 0.3) is 22.4 Å². The molecule has 0 bridgehead atoms. The van der Waals surface area contributed by atoms with Crippen molar-refractivity contribution in [1.29, 1.82) is 0 Å². The molecule has 4 rings (SSSR count). The minimum Gasteiger partial charge on any atom is -0.506 e. The van der Waals surface area contributed by atoms with Gasteiger partial charge in [-0.2, -0.15) is 18.3 Å². The Balaban J connectivity index is 1.85. The first-order chi connectivity index (χ1) is 16.0. The van der Waals surface area contributed by atoms with Crippen molar-refractivity contribution < 1.29 is 23.0 Å². The summed E-state index contributed by atoms with van der Waals surface area (Å²) in [6.45, 7) is 1.97. The van der Waals surface area contributed by atoms with E-state index in [1.807, 2.05) is 6.92 Å². The fourth-order valence-electron chi connectivity index (χ4n) is 3.51. The highest BCUT2D eigenvalue weighted by atomic mass is 35.5. The van der Waals surface area contributed by atoms with E-state index in [0.29, 0.717) is 16.3 Å². The summed E-state index contributed by atoms with van der Waals surface area (Å²) in [6, 6.07) is 15.4. The molecule has 0 aliphatic heterocycles. The zero-order valence-corrected chi connectivity index (χ0v) is 19.6. The molecule has 9 heteroatoms. The van der Waals surface area contributed by atoms with Gasteiger partial charge >= 0.3 is 6.18 Å². The SMILES string of the molecule is Cc1cc(-c2ccc(OCc3ccc(Cl)cc3)c(-c3ccc(Cl)c(C(F)(F)F)c3)c2O)nn1C. The Labute approximate surface area is 204 Å². The number of hydrogen-bond acceptors (Lipinski definition) is 3. The number of benzene rings is 3. The summed E-state index contributed by atoms with van der Waals surface area (Å²) in [7, 11) is 1.76. The van der Waals surface area contributed by atoms with Crippen LogP contribution < -0.4 is 4.74 Å². The van der Waals surface area contributed by atoms with Gasteiger partial charge in [0.2, 0.25) is 0 Å². The van der Waals surface area contributed by atoms with Crippen LogP contribution in [-0.4, -0.2) is 14.9 Å². The third-order valence-electron chi connectivity index (χ3n) is 5.40. The number of rotatable bonds is 5. The lowest BCUT2D eigenvalue weighted by molar-refractivity contribution is -0.137. The maximum absolute atomic E-state index is 13.5. The number of nitrogens with zero attached hydrogens (tertiary/aromatic N) is 2. The van der Waals surface area contributed by atoms with Crippen LogP contribution in [0.15, 0.2) is 60.7 Å². The predicted molar refractivity (Wildman–Crippen MR) is 126 cm³/mol. The molecular weight excluding hydrogens is 488 g/mol. The van der Waals surface area contributed by atoms with Crippen LogP contribution >= 0.6 is 23.2 Å². The van der Waals surface area contributed by atoms with Crippen molar-refractivity contribution in [3.63, 3.8) is 0 Å². The van der Waals surface area contributed by atoms with Gasteiger partial charge in [-0.25, -0.2) is 0 Å². The number of aromatic nitrogens is 2. The number of phenolic OH excluding ortho intramolecular Hbond substituents is 1. The van der Waals surface area contributed by atoms with E-state index >= 15 is 0 Å². The van der Waals surface area contributed by atoms with Gasteiger partial charge in [0.25, 0.3) is 0 Å². The van der Waals surface area contributed by atoms with Crippen LogP contribution in [0.2, 0.25) is 10.0 Å². The lowest BCUT2D eigenvalue weighted by atomic mass is 9.97. The van der Waals surface area contributed by atoms with Crippen molar-refractivity contribution >= 4 is 23.2 Å². The molecule has 0 fully saturated rings. The van der Waals surface area contributed by atoms with E-state index in [2.05, 4.69) is 5.10 Å². The van der Waals surface area contributed by atoms with E-state index in [4.69, 9.17) is 27.9 Å². The molecule has 0 spiro atoms. The summed E-state index contributed by atoms with van der Waals surface area (Å²) in [5.74, 6) is -0.0403. The van der Waals surface area contributed by atoms with Gasteiger partial charge in [0, 0.05) is 23.3 Å². The van der Waals surface area contributed by atoms with Gasteiger partial charge in [-0.05, 0) is 60.5 Å². The molecule has 0 atom stereocenters. The summed E-state index contributed by atoms with van der Waals surface area (Å²) < 4.78 is 48.2. The molecule has 0 amide bonds. The monoisotopic (exact) mass is 506 g/mol. The molecular formula is C25H19Cl2F3N2O2. The van der Waals surface area contributed by atoms with Gasteiger partial charge in [-0.1, -0.05) is 41.4 Å². The summed E-state index contributed by atoms with van der Waals surface area (Å²) in [6.07, 6.45) is -4.66. The first kappa shape index (κ1) is 24.0. The first-order valence-corrected chi connectivity index (χ1v) is 10.9. The first-order valence-electron chi connectivity index (χ1n) is 10.2. The predicted octanol–water partition coefficient (Wildman–Crippen LogP) is 7.67. The van der Waals surface area contributed by atoms with E-state index < -0.39 is 16.8 Å². The Kier molecular flexibility index (Phi) is 6.51. The quantitative estimate of drug-likeness (QED) is 0.302. The topological polar surface area (TPSA) is 47.3 Å². The third kappa shape index (κ3) is 4.86. The maximum Gasteiger partial charge on any atom is 0.417 e. The lowest BCUT2D eigenvalue weighted by Crippen LogP contribution is -2.06. The fourth-order valence-corrected chi connectivity index (χ4v) is 3.86. The third-order valence-corrected chi connectivity index (χ3v) is 5.98. The summed E-state index contributed by atoms with van der Waals surface area (Å²) in [5.41, 5.74) is 1.70. The van der Waals surface area contributed by atoms with E-state index in [-0.39, 0.29) is 29.2 Å². The standard InChI is InChI=1S/C25H19Cl2F3N2O2/c1-14-11-21(31-32(14)2)18-8-10-22(34-13-15-3-6-17(26)7-4-15)23(24(18)33)16-5-9-20(27)19(12-16)25(28,29)30/h3-12,33H,13H2,1-2H3. The molecule has 0 radical (unpaired) electrons. The Morgan fingerprint density at radius 2 is 1.71 bits per heavy atom. The smallest absolute Gasteiger partial charge is 0.417 e. The Hall–Kier alpha value is -3.16. The Morgan fingerprint density at radius 3 is 2.32 bits per heavy atom. The number of aromatic hydroxyl groups is 1. The summed E-state index contributed by atoms with van der Waals surface area (Å²) >= 11 is 11.7. The van der Waals surface area contributed by atoms with Crippen molar-refractivity contribution in [2.75, 3.05) is 0 Å². The molecule has 4 aromatic rings. The van der Waals surface area contributed by atoms with Crippen LogP contribution in [0.3, 0.4) is 0 Å². The second-order valence-electron chi connectivity index (χ2n) is 7.74. The molecule has 0 aliphatic rings.